The van der Waals surface area contributed by atoms with Gasteiger partial charge in [0.05, 0.1) is 6.54 Å². The summed E-state index contributed by atoms with van der Waals surface area (Å²) in [6.07, 6.45) is 1.43. The third-order valence-electron chi connectivity index (χ3n) is 2.03. The molecule has 0 bridgehead atoms. The van der Waals surface area contributed by atoms with Gasteiger partial charge in [-0.3, -0.25) is 9.89 Å². The van der Waals surface area contributed by atoms with Crippen LogP contribution in [0, 0.1) is 0 Å². The number of aromatic nitrogens is 5. The fourth-order valence-electron chi connectivity index (χ4n) is 1.17. The molecule has 0 aliphatic carbocycles. The number of anilines is 1. The Morgan fingerprint density at radius 1 is 1.41 bits per heavy atom. The van der Waals surface area contributed by atoms with Crippen molar-refractivity contribution in [3.8, 4) is 0 Å². The van der Waals surface area contributed by atoms with Crippen LogP contribution >= 0.6 is 0 Å². The predicted octanol–water partition coefficient (Wildman–Crippen LogP) is -0.434. The molecule has 17 heavy (non-hydrogen) atoms. The molecule has 2 aromatic rings. The van der Waals surface area contributed by atoms with Crippen LogP contribution in [-0.4, -0.2) is 38.3 Å². The molecule has 0 spiro atoms. The van der Waals surface area contributed by atoms with Gasteiger partial charge in [-0.05, 0) is 12.1 Å². The molecule has 0 aromatic carbocycles. The number of nitrogens with one attached hydrogen (secondary N) is 3. The number of hydrogen-bond acceptors (Lipinski definition) is 6. The predicted molar refractivity (Wildman–Crippen MR) is 59.1 cm³/mol. The molecule has 3 N–H and O–H groups in total. The highest BCUT2D eigenvalue weighted by Crippen LogP contribution is 2.03. The van der Waals surface area contributed by atoms with Crippen LogP contribution in [0.5, 0.6) is 0 Å². The Kier molecular flexibility index (Phi) is 3.24. The monoisotopic (exact) mass is 233 g/mol. The van der Waals surface area contributed by atoms with Gasteiger partial charge >= 0.3 is 0 Å². The number of rotatable bonds is 4. The summed E-state index contributed by atoms with van der Waals surface area (Å²) in [6.45, 7) is 0.466. The Morgan fingerprint density at radius 2 is 2.29 bits per heavy atom. The van der Waals surface area contributed by atoms with E-state index >= 15 is 0 Å². The summed E-state index contributed by atoms with van der Waals surface area (Å²) in [6, 6.07) is 3.27. The zero-order chi connectivity index (χ0) is 12.1. The first-order chi connectivity index (χ1) is 8.29. The molecule has 88 valence electrons. The maximum Gasteiger partial charge on any atom is 0.271 e. The van der Waals surface area contributed by atoms with E-state index in [1.54, 1.807) is 19.2 Å². The first kappa shape index (κ1) is 11.0. The molecule has 0 fully saturated rings. The minimum Gasteiger partial charge on any atom is -0.361 e. The van der Waals surface area contributed by atoms with Crippen LogP contribution in [0.2, 0.25) is 0 Å². The van der Waals surface area contributed by atoms with Crippen LogP contribution in [0.1, 0.15) is 16.3 Å². The Morgan fingerprint density at radius 3 is 2.88 bits per heavy atom. The van der Waals surface area contributed by atoms with Crippen LogP contribution in [0.15, 0.2) is 18.5 Å². The molecule has 0 saturated carbocycles. The summed E-state index contributed by atoms with van der Waals surface area (Å²) in [5.41, 5.74) is 0.276. The van der Waals surface area contributed by atoms with E-state index in [9.17, 15) is 4.79 Å². The van der Waals surface area contributed by atoms with Gasteiger partial charge in [0.15, 0.2) is 5.69 Å². The molecule has 0 aliphatic rings. The molecule has 8 nitrogen and oxygen atoms in total. The summed E-state index contributed by atoms with van der Waals surface area (Å²) in [5.74, 6) is 0.996. The fraction of sp³-hybridized carbons (Fsp3) is 0.222. The van der Waals surface area contributed by atoms with Gasteiger partial charge in [0, 0.05) is 7.05 Å². The van der Waals surface area contributed by atoms with E-state index in [2.05, 4.69) is 36.0 Å². The number of amides is 1. The Hall–Kier alpha value is -2.51. The van der Waals surface area contributed by atoms with Gasteiger partial charge in [0.1, 0.15) is 18.0 Å². The topological polar surface area (TPSA) is 108 Å². The lowest BCUT2D eigenvalue weighted by Gasteiger charge is -2.02. The molecular weight excluding hydrogens is 222 g/mol. The number of nitrogens with zero attached hydrogens (tertiary/aromatic N) is 4. The van der Waals surface area contributed by atoms with E-state index in [1.165, 1.54) is 6.33 Å². The van der Waals surface area contributed by atoms with Crippen LogP contribution in [-0.2, 0) is 6.54 Å². The van der Waals surface area contributed by atoms with E-state index in [0.29, 0.717) is 18.2 Å². The number of H-pyrrole nitrogens is 1. The van der Waals surface area contributed by atoms with Gasteiger partial charge in [0.25, 0.3) is 5.91 Å². The number of aromatic amines is 1. The van der Waals surface area contributed by atoms with Crippen LogP contribution in [0.3, 0.4) is 0 Å². The standard InChI is InChI=1S/C9H11N7O/c1-10-9(17)6-2-3-7(16-14-6)11-4-8-12-5-13-15-8/h2-3,5H,4H2,1H3,(H,10,17)(H,11,16)(H,12,13,15). The van der Waals surface area contributed by atoms with Crippen molar-refractivity contribution in [3.63, 3.8) is 0 Å². The van der Waals surface area contributed by atoms with E-state index in [1.807, 2.05) is 0 Å². The number of carbonyl (C=O) groups is 1. The molecule has 2 heterocycles. The van der Waals surface area contributed by atoms with Crippen molar-refractivity contribution in [2.75, 3.05) is 12.4 Å². The summed E-state index contributed by atoms with van der Waals surface area (Å²) in [7, 11) is 1.54. The third-order valence-corrected chi connectivity index (χ3v) is 2.03. The third kappa shape index (κ3) is 2.74. The van der Waals surface area contributed by atoms with Crippen molar-refractivity contribution < 1.29 is 4.79 Å². The number of carbonyl (C=O) groups excluding carboxylic acids is 1. The van der Waals surface area contributed by atoms with Crippen molar-refractivity contribution in [2.24, 2.45) is 0 Å². The Balaban J connectivity index is 1.96. The first-order valence-corrected chi connectivity index (χ1v) is 4.93. The molecule has 1 amide bonds. The average molecular weight is 233 g/mol. The summed E-state index contributed by atoms with van der Waals surface area (Å²) >= 11 is 0. The smallest absolute Gasteiger partial charge is 0.271 e. The number of hydrogen-bond donors (Lipinski definition) is 3. The molecule has 0 radical (unpaired) electrons. The minimum atomic E-state index is -0.265. The summed E-state index contributed by atoms with van der Waals surface area (Å²) < 4.78 is 0. The maximum absolute atomic E-state index is 11.2. The zero-order valence-corrected chi connectivity index (χ0v) is 9.14. The second-order valence-electron chi connectivity index (χ2n) is 3.17. The van der Waals surface area contributed by atoms with Crippen molar-refractivity contribution in [2.45, 2.75) is 6.54 Å². The van der Waals surface area contributed by atoms with Crippen molar-refractivity contribution in [3.05, 3.63) is 30.0 Å². The summed E-state index contributed by atoms with van der Waals surface area (Å²) in [5, 5.41) is 19.5. The average Bonchev–Trinajstić information content (AvgIpc) is 2.89. The van der Waals surface area contributed by atoms with E-state index in [0.717, 1.165) is 0 Å². The second kappa shape index (κ2) is 5.01. The quantitative estimate of drug-likeness (QED) is 0.661. The molecule has 0 unspecified atom stereocenters. The lowest BCUT2D eigenvalue weighted by atomic mass is 10.3. The molecule has 0 saturated heterocycles. The van der Waals surface area contributed by atoms with Gasteiger partial charge in [-0.25, -0.2) is 4.98 Å². The maximum atomic E-state index is 11.2. The largest absolute Gasteiger partial charge is 0.361 e. The van der Waals surface area contributed by atoms with Crippen LogP contribution in [0.4, 0.5) is 5.82 Å². The zero-order valence-electron chi connectivity index (χ0n) is 9.14. The van der Waals surface area contributed by atoms with E-state index < -0.39 is 0 Å². The minimum absolute atomic E-state index is 0.265. The second-order valence-corrected chi connectivity index (χ2v) is 3.17. The molecule has 0 aliphatic heterocycles. The SMILES string of the molecule is CNC(=O)c1ccc(NCc2ncn[nH]2)nn1. The summed E-state index contributed by atoms with van der Waals surface area (Å²) in [4.78, 5) is 15.2. The highest BCUT2D eigenvalue weighted by atomic mass is 16.1. The van der Waals surface area contributed by atoms with Gasteiger partial charge in [-0.15, -0.1) is 10.2 Å². The molecule has 8 heteroatoms. The van der Waals surface area contributed by atoms with Crippen molar-refractivity contribution in [1.82, 2.24) is 30.7 Å². The lowest BCUT2D eigenvalue weighted by Crippen LogP contribution is -2.19. The highest BCUT2D eigenvalue weighted by Gasteiger charge is 2.05. The fourth-order valence-corrected chi connectivity index (χ4v) is 1.17. The molecule has 0 atom stereocenters. The van der Waals surface area contributed by atoms with Crippen molar-refractivity contribution >= 4 is 11.7 Å². The van der Waals surface area contributed by atoms with Crippen LogP contribution < -0.4 is 10.6 Å². The first-order valence-electron chi connectivity index (χ1n) is 4.93. The normalized spacial score (nSPS) is 9.94. The van der Waals surface area contributed by atoms with Crippen LogP contribution in [0.25, 0.3) is 0 Å². The highest BCUT2D eigenvalue weighted by molar-refractivity contribution is 5.91. The Bertz CT molecular complexity index is 479. The Labute approximate surface area is 96.9 Å². The van der Waals surface area contributed by atoms with Gasteiger partial charge in [-0.1, -0.05) is 0 Å². The van der Waals surface area contributed by atoms with Gasteiger partial charge < -0.3 is 10.6 Å². The lowest BCUT2D eigenvalue weighted by molar-refractivity contribution is 0.0957. The molecule has 2 rings (SSSR count). The van der Waals surface area contributed by atoms with Gasteiger partial charge in [-0.2, -0.15) is 5.10 Å². The molecular formula is C9H11N7O. The van der Waals surface area contributed by atoms with Crippen molar-refractivity contribution in [1.29, 1.82) is 0 Å². The van der Waals surface area contributed by atoms with E-state index in [-0.39, 0.29) is 11.6 Å². The van der Waals surface area contributed by atoms with Gasteiger partial charge in [0.2, 0.25) is 0 Å². The van der Waals surface area contributed by atoms with E-state index in [4.69, 9.17) is 0 Å². The molecule has 2 aromatic heterocycles.